The number of esters is 1. The summed E-state index contributed by atoms with van der Waals surface area (Å²) in [5, 5.41) is 0. The lowest BCUT2D eigenvalue weighted by Gasteiger charge is -2.26. The van der Waals surface area contributed by atoms with Crippen molar-refractivity contribution in [3.05, 3.63) is 59.5 Å². The smallest absolute Gasteiger partial charge is 0.339 e. The molecule has 1 saturated heterocycles. The molecule has 0 aliphatic carbocycles. The number of carbonyl (C=O) groups is 1. The molecule has 0 bridgehead atoms. The average Bonchev–Trinajstić information content (AvgIpc) is 3.03. The number of halogens is 1. The standard InChI is InChI=1S/C19H21FN2O2/c1-2-24-19(23)15-8-9-18(21-13-15)22-10-4-7-17(22)12-14-5-3-6-16(20)11-14/h3,5-6,8-9,11,13,17H,2,4,7,10,12H2,1H3. The summed E-state index contributed by atoms with van der Waals surface area (Å²) >= 11 is 0. The van der Waals surface area contributed by atoms with E-state index < -0.39 is 0 Å². The van der Waals surface area contributed by atoms with E-state index in [0.29, 0.717) is 18.2 Å². The molecule has 1 unspecified atom stereocenters. The number of nitrogens with zero attached hydrogens (tertiary/aromatic N) is 2. The Morgan fingerprint density at radius 2 is 2.25 bits per heavy atom. The predicted molar refractivity (Wildman–Crippen MR) is 90.7 cm³/mol. The van der Waals surface area contributed by atoms with E-state index >= 15 is 0 Å². The van der Waals surface area contributed by atoms with Gasteiger partial charge in [-0.15, -0.1) is 0 Å². The van der Waals surface area contributed by atoms with Gasteiger partial charge < -0.3 is 9.64 Å². The second kappa shape index (κ2) is 7.43. The lowest BCUT2D eigenvalue weighted by Crippen LogP contribution is -2.31. The van der Waals surface area contributed by atoms with Crippen LogP contribution in [0.25, 0.3) is 0 Å². The Morgan fingerprint density at radius 1 is 1.38 bits per heavy atom. The summed E-state index contributed by atoms with van der Waals surface area (Å²) < 4.78 is 18.4. The quantitative estimate of drug-likeness (QED) is 0.787. The Hall–Kier alpha value is -2.43. The van der Waals surface area contributed by atoms with Crippen molar-refractivity contribution in [2.75, 3.05) is 18.1 Å². The van der Waals surface area contributed by atoms with Gasteiger partial charge in [-0.1, -0.05) is 12.1 Å². The Kier molecular flexibility index (Phi) is 5.08. The molecule has 1 atom stereocenters. The van der Waals surface area contributed by atoms with Crippen molar-refractivity contribution in [1.82, 2.24) is 4.98 Å². The Bertz CT molecular complexity index is 703. The summed E-state index contributed by atoms with van der Waals surface area (Å²) in [6, 6.07) is 10.7. The molecule has 1 aliphatic heterocycles. The van der Waals surface area contributed by atoms with Crippen LogP contribution in [-0.4, -0.2) is 30.1 Å². The van der Waals surface area contributed by atoms with Gasteiger partial charge in [-0.05, 0) is 56.0 Å². The van der Waals surface area contributed by atoms with Gasteiger partial charge in [0.2, 0.25) is 0 Å². The molecule has 3 rings (SSSR count). The molecule has 0 amide bonds. The molecule has 0 spiro atoms. The van der Waals surface area contributed by atoms with E-state index in [-0.39, 0.29) is 11.8 Å². The minimum absolute atomic E-state index is 0.200. The van der Waals surface area contributed by atoms with Crippen LogP contribution >= 0.6 is 0 Å². The second-order valence-corrected chi connectivity index (χ2v) is 5.95. The van der Waals surface area contributed by atoms with Gasteiger partial charge in [0.25, 0.3) is 0 Å². The van der Waals surface area contributed by atoms with Crippen molar-refractivity contribution in [2.45, 2.75) is 32.2 Å². The minimum atomic E-state index is -0.353. The fourth-order valence-electron chi connectivity index (χ4n) is 3.18. The Morgan fingerprint density at radius 3 is 2.96 bits per heavy atom. The minimum Gasteiger partial charge on any atom is -0.462 e. The normalized spacial score (nSPS) is 17.1. The van der Waals surface area contributed by atoms with E-state index in [1.165, 1.54) is 6.07 Å². The van der Waals surface area contributed by atoms with Gasteiger partial charge >= 0.3 is 5.97 Å². The molecular weight excluding hydrogens is 307 g/mol. The van der Waals surface area contributed by atoms with Crippen LogP contribution in [0.5, 0.6) is 0 Å². The van der Waals surface area contributed by atoms with Gasteiger partial charge in [0, 0.05) is 18.8 Å². The SMILES string of the molecule is CCOC(=O)c1ccc(N2CCCC2Cc2cccc(F)c2)nc1. The van der Waals surface area contributed by atoms with Crippen LogP contribution in [0.1, 0.15) is 35.7 Å². The maximum Gasteiger partial charge on any atom is 0.339 e. The predicted octanol–water partition coefficient (Wildman–Crippen LogP) is 3.61. The van der Waals surface area contributed by atoms with E-state index in [1.807, 2.05) is 12.1 Å². The Labute approximate surface area is 141 Å². The van der Waals surface area contributed by atoms with Crippen molar-refractivity contribution < 1.29 is 13.9 Å². The fourth-order valence-corrected chi connectivity index (χ4v) is 3.18. The number of aromatic nitrogens is 1. The monoisotopic (exact) mass is 328 g/mol. The first-order chi connectivity index (χ1) is 11.7. The highest BCUT2D eigenvalue weighted by Crippen LogP contribution is 2.26. The summed E-state index contributed by atoms with van der Waals surface area (Å²) in [6.45, 7) is 3.05. The molecule has 2 heterocycles. The van der Waals surface area contributed by atoms with Crippen molar-refractivity contribution in [3.8, 4) is 0 Å². The van der Waals surface area contributed by atoms with Crippen LogP contribution in [0.3, 0.4) is 0 Å². The van der Waals surface area contributed by atoms with Gasteiger partial charge in [0.05, 0.1) is 12.2 Å². The maximum atomic E-state index is 13.4. The molecule has 1 aromatic heterocycles. The van der Waals surface area contributed by atoms with Gasteiger partial charge in [0.15, 0.2) is 0 Å². The van der Waals surface area contributed by atoms with Gasteiger partial charge in [-0.2, -0.15) is 0 Å². The molecule has 5 heteroatoms. The fraction of sp³-hybridized carbons (Fsp3) is 0.368. The number of hydrogen-bond acceptors (Lipinski definition) is 4. The van der Waals surface area contributed by atoms with Crippen molar-refractivity contribution in [1.29, 1.82) is 0 Å². The van der Waals surface area contributed by atoms with E-state index in [9.17, 15) is 9.18 Å². The van der Waals surface area contributed by atoms with Crippen molar-refractivity contribution >= 4 is 11.8 Å². The summed E-state index contributed by atoms with van der Waals surface area (Å²) in [6.07, 6.45) is 4.49. The number of pyridine rings is 1. The number of hydrogen-bond donors (Lipinski definition) is 0. The third-order valence-electron chi connectivity index (χ3n) is 4.29. The molecule has 2 aromatic rings. The third-order valence-corrected chi connectivity index (χ3v) is 4.29. The zero-order chi connectivity index (χ0) is 16.9. The lowest BCUT2D eigenvalue weighted by atomic mass is 10.0. The number of benzene rings is 1. The number of anilines is 1. The van der Waals surface area contributed by atoms with Gasteiger partial charge in [-0.25, -0.2) is 14.2 Å². The van der Waals surface area contributed by atoms with Crippen LogP contribution in [-0.2, 0) is 11.2 Å². The molecule has 0 radical (unpaired) electrons. The third kappa shape index (κ3) is 3.72. The van der Waals surface area contributed by atoms with E-state index in [2.05, 4.69) is 9.88 Å². The van der Waals surface area contributed by atoms with E-state index in [0.717, 1.165) is 37.2 Å². The summed E-state index contributed by atoms with van der Waals surface area (Å²) in [5.74, 6) is 0.296. The number of ether oxygens (including phenoxy) is 1. The molecule has 0 N–H and O–H groups in total. The Balaban J connectivity index is 1.72. The highest BCUT2D eigenvalue weighted by atomic mass is 19.1. The van der Waals surface area contributed by atoms with Crippen LogP contribution in [0.4, 0.5) is 10.2 Å². The zero-order valence-electron chi connectivity index (χ0n) is 13.7. The average molecular weight is 328 g/mol. The van der Waals surface area contributed by atoms with Gasteiger partial charge in [-0.3, -0.25) is 0 Å². The molecule has 4 nitrogen and oxygen atoms in total. The van der Waals surface area contributed by atoms with Gasteiger partial charge in [0.1, 0.15) is 11.6 Å². The molecular formula is C19H21FN2O2. The summed E-state index contributed by atoms with van der Waals surface area (Å²) in [4.78, 5) is 18.4. The van der Waals surface area contributed by atoms with E-state index in [1.54, 1.807) is 31.3 Å². The molecule has 1 fully saturated rings. The summed E-state index contributed by atoms with van der Waals surface area (Å²) in [7, 11) is 0. The lowest BCUT2D eigenvalue weighted by molar-refractivity contribution is 0.0526. The zero-order valence-corrected chi connectivity index (χ0v) is 13.7. The summed E-state index contributed by atoms with van der Waals surface area (Å²) in [5.41, 5.74) is 1.46. The second-order valence-electron chi connectivity index (χ2n) is 5.95. The first kappa shape index (κ1) is 16.4. The van der Waals surface area contributed by atoms with Crippen LogP contribution in [0.2, 0.25) is 0 Å². The van der Waals surface area contributed by atoms with Crippen molar-refractivity contribution in [2.24, 2.45) is 0 Å². The van der Waals surface area contributed by atoms with E-state index in [4.69, 9.17) is 4.74 Å². The molecule has 24 heavy (non-hydrogen) atoms. The first-order valence-corrected chi connectivity index (χ1v) is 8.31. The van der Waals surface area contributed by atoms with Crippen LogP contribution < -0.4 is 4.90 Å². The van der Waals surface area contributed by atoms with Crippen LogP contribution in [0.15, 0.2) is 42.6 Å². The molecule has 1 aromatic carbocycles. The molecule has 126 valence electrons. The molecule has 1 aliphatic rings. The largest absolute Gasteiger partial charge is 0.462 e. The highest BCUT2D eigenvalue weighted by molar-refractivity contribution is 5.89. The maximum absolute atomic E-state index is 13.4. The van der Waals surface area contributed by atoms with Crippen molar-refractivity contribution in [3.63, 3.8) is 0 Å². The molecule has 0 saturated carbocycles. The highest BCUT2D eigenvalue weighted by Gasteiger charge is 2.26. The number of carbonyl (C=O) groups excluding carboxylic acids is 1. The topological polar surface area (TPSA) is 42.4 Å². The first-order valence-electron chi connectivity index (χ1n) is 8.31. The number of rotatable bonds is 5. The van der Waals surface area contributed by atoms with Crippen LogP contribution in [0, 0.1) is 5.82 Å².